The quantitative estimate of drug-likeness (QED) is 0.165. The molecule has 12 nitrogen and oxygen atoms in total. The van der Waals surface area contributed by atoms with Gasteiger partial charge in [-0.1, -0.05) is 13.8 Å². The Labute approximate surface area is 168 Å². The number of hydrogen-bond acceptors (Lipinski definition) is 7. The van der Waals surface area contributed by atoms with Crippen LogP contribution < -0.4 is 27.4 Å². The van der Waals surface area contributed by atoms with E-state index in [1.807, 2.05) is 0 Å². The number of carbonyl (C=O) groups is 5. The summed E-state index contributed by atoms with van der Waals surface area (Å²) < 4.78 is 0. The number of nitrogens with one attached hydrogen (secondary N) is 3. The van der Waals surface area contributed by atoms with Crippen LogP contribution in [0.3, 0.4) is 0 Å². The molecule has 4 unspecified atom stereocenters. The zero-order valence-corrected chi connectivity index (χ0v) is 16.8. The minimum absolute atomic E-state index is 0.0267. The molecule has 0 radical (unpaired) electrons. The van der Waals surface area contributed by atoms with E-state index in [0.29, 0.717) is 0 Å². The maximum Gasteiger partial charge on any atom is 0.326 e. The van der Waals surface area contributed by atoms with E-state index in [1.54, 1.807) is 13.8 Å². The van der Waals surface area contributed by atoms with Gasteiger partial charge in [-0.05, 0) is 25.7 Å². The molecule has 0 aliphatic heterocycles. The number of amides is 4. The fraction of sp³-hybridized carbons (Fsp3) is 0.706. The largest absolute Gasteiger partial charge is 0.480 e. The van der Waals surface area contributed by atoms with Gasteiger partial charge in [-0.25, -0.2) is 4.79 Å². The topological polar surface area (TPSA) is 214 Å². The molecule has 0 heterocycles. The van der Waals surface area contributed by atoms with Gasteiger partial charge in [0.25, 0.3) is 0 Å². The lowest BCUT2D eigenvalue weighted by atomic mass is 10.0. The second-order valence-electron chi connectivity index (χ2n) is 7.09. The van der Waals surface area contributed by atoms with E-state index in [1.165, 1.54) is 6.92 Å². The Kier molecular flexibility index (Phi) is 11.5. The highest BCUT2D eigenvalue weighted by Gasteiger charge is 2.31. The van der Waals surface area contributed by atoms with Gasteiger partial charge in [0.15, 0.2) is 0 Å². The van der Waals surface area contributed by atoms with Crippen molar-refractivity contribution >= 4 is 29.6 Å². The number of aliphatic hydroxyl groups is 1. The van der Waals surface area contributed by atoms with Crippen molar-refractivity contribution in [1.29, 1.82) is 0 Å². The first-order valence-corrected chi connectivity index (χ1v) is 9.18. The van der Waals surface area contributed by atoms with Crippen LogP contribution in [0.2, 0.25) is 0 Å². The standard InChI is InChI=1S/C17H31N5O7/c1-8(2)6-11(17(28)29)21-15(26)10(4-5-12(19)24)20-16(27)14(9(3)23)22-13(25)7-18/h8-11,14,23H,4-7,18H2,1-3H3,(H2,19,24)(H,20,27)(H,21,26)(H,22,25)(H,28,29). The number of carbonyl (C=O) groups excluding carboxylic acids is 4. The summed E-state index contributed by atoms with van der Waals surface area (Å²) in [6.07, 6.45) is -1.61. The molecule has 0 bridgehead atoms. The molecule has 0 aromatic heterocycles. The molecule has 9 N–H and O–H groups in total. The van der Waals surface area contributed by atoms with Gasteiger partial charge < -0.3 is 37.6 Å². The first-order chi connectivity index (χ1) is 13.4. The molecule has 0 aliphatic carbocycles. The molecule has 166 valence electrons. The molecule has 4 amide bonds. The highest BCUT2D eigenvalue weighted by molar-refractivity contribution is 5.94. The Morgan fingerprint density at radius 2 is 1.48 bits per heavy atom. The molecule has 0 rings (SSSR count). The van der Waals surface area contributed by atoms with Crippen molar-refractivity contribution in [3.8, 4) is 0 Å². The molecule has 0 aromatic carbocycles. The van der Waals surface area contributed by atoms with Crippen molar-refractivity contribution in [2.45, 2.75) is 64.3 Å². The van der Waals surface area contributed by atoms with Gasteiger partial charge in [0.05, 0.1) is 12.6 Å². The summed E-state index contributed by atoms with van der Waals surface area (Å²) in [5, 5.41) is 25.9. The van der Waals surface area contributed by atoms with Crippen molar-refractivity contribution in [3.05, 3.63) is 0 Å². The van der Waals surface area contributed by atoms with Crippen molar-refractivity contribution in [3.63, 3.8) is 0 Å². The van der Waals surface area contributed by atoms with Crippen LogP contribution in [0.25, 0.3) is 0 Å². The van der Waals surface area contributed by atoms with Crippen molar-refractivity contribution in [2.75, 3.05) is 6.54 Å². The van der Waals surface area contributed by atoms with Gasteiger partial charge in [-0.15, -0.1) is 0 Å². The lowest BCUT2D eigenvalue weighted by Gasteiger charge is -2.25. The van der Waals surface area contributed by atoms with E-state index in [-0.39, 0.29) is 25.2 Å². The van der Waals surface area contributed by atoms with Crippen molar-refractivity contribution in [2.24, 2.45) is 17.4 Å². The smallest absolute Gasteiger partial charge is 0.326 e. The Balaban J connectivity index is 5.39. The third-order valence-electron chi connectivity index (χ3n) is 3.90. The molecule has 0 fully saturated rings. The van der Waals surface area contributed by atoms with E-state index >= 15 is 0 Å². The average molecular weight is 417 g/mol. The number of carboxylic acids is 1. The van der Waals surface area contributed by atoms with Crippen molar-refractivity contribution < 1.29 is 34.2 Å². The van der Waals surface area contributed by atoms with E-state index in [4.69, 9.17) is 11.5 Å². The van der Waals surface area contributed by atoms with Gasteiger partial charge in [0.1, 0.15) is 18.1 Å². The van der Waals surface area contributed by atoms with Crippen LogP contribution in [0.5, 0.6) is 0 Å². The molecule has 0 saturated carbocycles. The molecular weight excluding hydrogens is 386 g/mol. The highest BCUT2D eigenvalue weighted by Crippen LogP contribution is 2.07. The Bertz CT molecular complexity index is 609. The van der Waals surface area contributed by atoms with Crippen molar-refractivity contribution in [1.82, 2.24) is 16.0 Å². The SMILES string of the molecule is CC(C)CC(NC(=O)C(CCC(N)=O)NC(=O)C(NC(=O)CN)C(C)O)C(=O)O. The number of carboxylic acid groups (broad SMARTS) is 1. The fourth-order valence-electron chi connectivity index (χ4n) is 2.42. The summed E-state index contributed by atoms with van der Waals surface area (Å²) >= 11 is 0. The summed E-state index contributed by atoms with van der Waals surface area (Å²) in [5.41, 5.74) is 10.3. The Hall–Kier alpha value is -2.73. The predicted molar refractivity (Wildman–Crippen MR) is 102 cm³/mol. The second-order valence-corrected chi connectivity index (χ2v) is 7.09. The third-order valence-corrected chi connectivity index (χ3v) is 3.90. The highest BCUT2D eigenvalue weighted by atomic mass is 16.4. The number of primary amides is 1. The number of nitrogens with two attached hydrogens (primary N) is 2. The Morgan fingerprint density at radius 3 is 1.90 bits per heavy atom. The summed E-state index contributed by atoms with van der Waals surface area (Å²) in [6.45, 7) is 4.39. The third kappa shape index (κ3) is 10.4. The van der Waals surface area contributed by atoms with Crippen LogP contribution in [0, 0.1) is 5.92 Å². The van der Waals surface area contributed by atoms with Crippen LogP contribution in [0.15, 0.2) is 0 Å². The van der Waals surface area contributed by atoms with E-state index in [9.17, 15) is 34.2 Å². The lowest BCUT2D eigenvalue weighted by Crippen LogP contribution is -2.58. The zero-order valence-electron chi connectivity index (χ0n) is 16.8. The van der Waals surface area contributed by atoms with Gasteiger partial charge in [0, 0.05) is 6.42 Å². The monoisotopic (exact) mass is 417 g/mol. The van der Waals surface area contributed by atoms with Crippen LogP contribution in [-0.2, 0) is 24.0 Å². The number of rotatable bonds is 13. The summed E-state index contributed by atoms with van der Waals surface area (Å²) in [6, 6.07) is -3.90. The predicted octanol–water partition coefficient (Wildman–Crippen LogP) is -2.82. The summed E-state index contributed by atoms with van der Waals surface area (Å²) in [7, 11) is 0. The van der Waals surface area contributed by atoms with Gasteiger partial charge >= 0.3 is 5.97 Å². The molecule has 4 atom stereocenters. The maximum absolute atomic E-state index is 12.5. The van der Waals surface area contributed by atoms with E-state index in [0.717, 1.165) is 0 Å². The van der Waals surface area contributed by atoms with E-state index < -0.39 is 60.4 Å². The van der Waals surface area contributed by atoms with Crippen LogP contribution in [0.4, 0.5) is 0 Å². The zero-order chi connectivity index (χ0) is 22.7. The summed E-state index contributed by atoms with van der Waals surface area (Å²) in [5.74, 6) is -4.43. The molecule has 12 heteroatoms. The average Bonchev–Trinajstić information content (AvgIpc) is 2.60. The normalized spacial score (nSPS) is 15.0. The second kappa shape index (κ2) is 12.7. The van der Waals surface area contributed by atoms with Gasteiger partial charge in [-0.3, -0.25) is 19.2 Å². The number of aliphatic hydroxyl groups excluding tert-OH is 1. The number of hydrogen-bond donors (Lipinski definition) is 7. The fourth-order valence-corrected chi connectivity index (χ4v) is 2.42. The minimum Gasteiger partial charge on any atom is -0.480 e. The van der Waals surface area contributed by atoms with E-state index in [2.05, 4.69) is 16.0 Å². The van der Waals surface area contributed by atoms with Gasteiger partial charge in [-0.2, -0.15) is 0 Å². The molecule has 0 spiro atoms. The maximum atomic E-state index is 12.5. The van der Waals surface area contributed by atoms with Crippen LogP contribution in [-0.4, -0.2) is 70.6 Å². The van der Waals surface area contributed by atoms with Crippen LogP contribution >= 0.6 is 0 Å². The number of aliphatic carboxylic acids is 1. The lowest BCUT2D eigenvalue weighted by molar-refractivity contribution is -0.143. The van der Waals surface area contributed by atoms with Crippen LogP contribution in [0.1, 0.15) is 40.0 Å². The Morgan fingerprint density at radius 1 is 0.931 bits per heavy atom. The summed E-state index contributed by atoms with van der Waals surface area (Å²) in [4.78, 5) is 58.9. The first kappa shape index (κ1) is 26.3. The minimum atomic E-state index is -1.40. The molecule has 0 aliphatic rings. The molecule has 0 aromatic rings. The molecular formula is C17H31N5O7. The van der Waals surface area contributed by atoms with Gasteiger partial charge in [0.2, 0.25) is 23.6 Å². The first-order valence-electron chi connectivity index (χ1n) is 9.18. The molecule has 0 saturated heterocycles. The molecule has 29 heavy (non-hydrogen) atoms.